The minimum absolute atomic E-state index is 0.0122. The lowest BCUT2D eigenvalue weighted by Gasteiger charge is -2.25. The van der Waals surface area contributed by atoms with Gasteiger partial charge in [-0.2, -0.15) is 0 Å². The van der Waals surface area contributed by atoms with Crippen molar-refractivity contribution < 1.29 is 19.8 Å². The van der Waals surface area contributed by atoms with E-state index < -0.39 is 17.7 Å². The Balaban J connectivity index is 2.14. The Labute approximate surface area is 172 Å². The van der Waals surface area contributed by atoms with Crippen LogP contribution in [0.1, 0.15) is 42.5 Å². The summed E-state index contributed by atoms with van der Waals surface area (Å²) in [4.78, 5) is 26.6. The Hall–Kier alpha value is -2.44. The molecular weight excluding hydrogens is 422 g/mol. The molecular formula is C22H22BrNO4. The first kappa shape index (κ1) is 20.3. The van der Waals surface area contributed by atoms with Crippen LogP contribution in [0.25, 0.3) is 5.76 Å². The normalized spacial score (nSPS) is 18.9. The van der Waals surface area contributed by atoms with Crippen LogP contribution in [0, 0.1) is 0 Å². The summed E-state index contributed by atoms with van der Waals surface area (Å²) in [7, 11) is 0. The van der Waals surface area contributed by atoms with Crippen molar-refractivity contribution in [3.05, 3.63) is 75.3 Å². The summed E-state index contributed by atoms with van der Waals surface area (Å²) in [6.45, 7) is 3.91. The SMILES string of the molecule is CC(C)c1ccc(C2C(=C(O)c3ccc(Br)cc3)C(=O)C(=O)N2CCO)cc1. The van der Waals surface area contributed by atoms with Crippen LogP contribution in [-0.4, -0.2) is 40.0 Å². The van der Waals surface area contributed by atoms with Gasteiger partial charge >= 0.3 is 0 Å². The van der Waals surface area contributed by atoms with Crippen LogP contribution < -0.4 is 0 Å². The zero-order valence-corrected chi connectivity index (χ0v) is 17.3. The molecule has 1 aliphatic rings. The van der Waals surface area contributed by atoms with Crippen LogP contribution in [0.15, 0.2) is 58.6 Å². The van der Waals surface area contributed by atoms with Gasteiger partial charge in [-0.05, 0) is 29.2 Å². The van der Waals surface area contributed by atoms with Gasteiger partial charge < -0.3 is 15.1 Å². The molecule has 3 rings (SSSR count). The molecule has 0 saturated carbocycles. The highest BCUT2D eigenvalue weighted by atomic mass is 79.9. The topological polar surface area (TPSA) is 77.8 Å². The molecule has 1 aliphatic heterocycles. The largest absolute Gasteiger partial charge is 0.507 e. The lowest BCUT2D eigenvalue weighted by atomic mass is 9.93. The molecule has 1 heterocycles. The highest BCUT2D eigenvalue weighted by Gasteiger charge is 2.45. The summed E-state index contributed by atoms with van der Waals surface area (Å²) in [6.07, 6.45) is 0. The number of hydrogen-bond donors (Lipinski definition) is 2. The van der Waals surface area contributed by atoms with Gasteiger partial charge in [-0.15, -0.1) is 0 Å². The van der Waals surface area contributed by atoms with Crippen LogP contribution in [0.4, 0.5) is 0 Å². The Kier molecular flexibility index (Phi) is 6.01. The van der Waals surface area contributed by atoms with E-state index in [0.717, 1.165) is 15.6 Å². The summed E-state index contributed by atoms with van der Waals surface area (Å²) < 4.78 is 0.839. The first-order valence-corrected chi connectivity index (χ1v) is 9.89. The average molecular weight is 444 g/mol. The lowest BCUT2D eigenvalue weighted by Crippen LogP contribution is -2.32. The molecule has 5 nitrogen and oxygen atoms in total. The van der Waals surface area contributed by atoms with Gasteiger partial charge in [0.1, 0.15) is 5.76 Å². The molecule has 0 aliphatic carbocycles. The first-order valence-electron chi connectivity index (χ1n) is 9.10. The third-order valence-electron chi connectivity index (χ3n) is 4.92. The number of benzene rings is 2. The molecule has 146 valence electrons. The van der Waals surface area contributed by atoms with E-state index in [9.17, 15) is 19.8 Å². The number of amides is 1. The van der Waals surface area contributed by atoms with Gasteiger partial charge in [-0.25, -0.2) is 0 Å². The van der Waals surface area contributed by atoms with E-state index >= 15 is 0 Å². The van der Waals surface area contributed by atoms with Crippen molar-refractivity contribution in [1.82, 2.24) is 4.90 Å². The van der Waals surface area contributed by atoms with E-state index in [-0.39, 0.29) is 24.5 Å². The fraction of sp³-hybridized carbons (Fsp3) is 0.273. The number of halogens is 1. The van der Waals surface area contributed by atoms with Crippen LogP contribution in [-0.2, 0) is 9.59 Å². The predicted molar refractivity (Wildman–Crippen MR) is 111 cm³/mol. The molecule has 0 aromatic heterocycles. The van der Waals surface area contributed by atoms with E-state index in [1.807, 2.05) is 24.3 Å². The molecule has 6 heteroatoms. The van der Waals surface area contributed by atoms with Gasteiger partial charge in [-0.3, -0.25) is 9.59 Å². The molecule has 2 aromatic carbocycles. The number of aliphatic hydroxyl groups excluding tert-OH is 2. The number of aliphatic hydroxyl groups is 2. The van der Waals surface area contributed by atoms with Crippen molar-refractivity contribution in [3.8, 4) is 0 Å². The van der Waals surface area contributed by atoms with E-state index in [1.165, 1.54) is 4.90 Å². The molecule has 2 aromatic rings. The molecule has 1 unspecified atom stereocenters. The van der Waals surface area contributed by atoms with Gasteiger partial charge in [0.25, 0.3) is 11.7 Å². The smallest absolute Gasteiger partial charge is 0.295 e. The zero-order chi connectivity index (χ0) is 20.4. The summed E-state index contributed by atoms with van der Waals surface area (Å²) in [5.41, 5.74) is 2.35. The van der Waals surface area contributed by atoms with Gasteiger partial charge in [-0.1, -0.05) is 66.2 Å². The van der Waals surface area contributed by atoms with Crippen molar-refractivity contribution in [2.45, 2.75) is 25.8 Å². The molecule has 1 atom stereocenters. The van der Waals surface area contributed by atoms with Gasteiger partial charge in [0.05, 0.1) is 18.2 Å². The van der Waals surface area contributed by atoms with Crippen LogP contribution in [0.2, 0.25) is 0 Å². The molecule has 1 fully saturated rings. The number of carbonyl (C=O) groups excluding carboxylic acids is 2. The summed E-state index contributed by atoms with van der Waals surface area (Å²) in [6, 6.07) is 13.8. The number of carbonyl (C=O) groups is 2. The maximum absolute atomic E-state index is 12.7. The van der Waals surface area contributed by atoms with E-state index in [2.05, 4.69) is 29.8 Å². The van der Waals surface area contributed by atoms with Gasteiger partial charge in [0.15, 0.2) is 0 Å². The van der Waals surface area contributed by atoms with Crippen LogP contribution in [0.5, 0.6) is 0 Å². The standard InChI is InChI=1S/C22H22BrNO4/c1-13(2)14-3-5-15(6-4-14)19-18(21(27)22(28)24(19)11-12-25)20(26)16-7-9-17(23)10-8-16/h3-10,13,19,25-26H,11-12H2,1-2H3. The number of ketones is 1. The Morgan fingerprint density at radius 3 is 2.21 bits per heavy atom. The van der Waals surface area contributed by atoms with Crippen molar-refractivity contribution in [2.24, 2.45) is 0 Å². The number of nitrogens with zero attached hydrogens (tertiary/aromatic N) is 1. The molecule has 0 radical (unpaired) electrons. The molecule has 28 heavy (non-hydrogen) atoms. The summed E-state index contributed by atoms with van der Waals surface area (Å²) in [5, 5.41) is 20.3. The number of rotatable bonds is 5. The lowest BCUT2D eigenvalue weighted by molar-refractivity contribution is -0.140. The molecule has 1 saturated heterocycles. The maximum Gasteiger partial charge on any atom is 0.295 e. The Bertz CT molecular complexity index is 917. The minimum atomic E-state index is -0.744. The Morgan fingerprint density at radius 1 is 1.07 bits per heavy atom. The van der Waals surface area contributed by atoms with Crippen molar-refractivity contribution >= 4 is 33.4 Å². The average Bonchev–Trinajstić information content (AvgIpc) is 2.93. The van der Waals surface area contributed by atoms with E-state index in [4.69, 9.17) is 0 Å². The summed E-state index contributed by atoms with van der Waals surface area (Å²) in [5.74, 6) is -1.33. The number of β-amino-alcohol motifs (C(OH)–C–C–N with tert-alkyl or cyclic N) is 1. The second-order valence-electron chi connectivity index (χ2n) is 7.04. The summed E-state index contributed by atoms with van der Waals surface area (Å²) >= 11 is 3.34. The Morgan fingerprint density at radius 2 is 1.68 bits per heavy atom. The zero-order valence-electron chi connectivity index (χ0n) is 15.7. The maximum atomic E-state index is 12.7. The number of likely N-dealkylation sites (tertiary alicyclic amines) is 1. The monoisotopic (exact) mass is 443 g/mol. The first-order chi connectivity index (χ1) is 13.3. The fourth-order valence-corrected chi connectivity index (χ4v) is 3.66. The van der Waals surface area contributed by atoms with Crippen LogP contribution >= 0.6 is 15.9 Å². The van der Waals surface area contributed by atoms with Crippen molar-refractivity contribution in [2.75, 3.05) is 13.2 Å². The highest BCUT2D eigenvalue weighted by Crippen LogP contribution is 2.39. The highest BCUT2D eigenvalue weighted by molar-refractivity contribution is 9.10. The van der Waals surface area contributed by atoms with Crippen molar-refractivity contribution in [1.29, 1.82) is 0 Å². The number of Topliss-reactive ketones (excluding diaryl/α,β-unsaturated/α-hetero) is 1. The molecule has 1 amide bonds. The van der Waals surface area contributed by atoms with Crippen molar-refractivity contribution in [3.63, 3.8) is 0 Å². The molecule has 0 bridgehead atoms. The second kappa shape index (κ2) is 8.29. The number of hydrogen-bond acceptors (Lipinski definition) is 4. The fourth-order valence-electron chi connectivity index (χ4n) is 3.39. The van der Waals surface area contributed by atoms with E-state index in [0.29, 0.717) is 11.5 Å². The molecule has 0 spiro atoms. The minimum Gasteiger partial charge on any atom is -0.507 e. The quantitative estimate of drug-likeness (QED) is 0.416. The molecule has 2 N–H and O–H groups in total. The third kappa shape index (κ3) is 3.75. The van der Waals surface area contributed by atoms with E-state index in [1.54, 1.807) is 24.3 Å². The predicted octanol–water partition coefficient (Wildman–Crippen LogP) is 3.99. The van der Waals surface area contributed by atoms with Crippen LogP contribution in [0.3, 0.4) is 0 Å². The third-order valence-corrected chi connectivity index (χ3v) is 5.45. The van der Waals surface area contributed by atoms with Gasteiger partial charge in [0.2, 0.25) is 0 Å². The van der Waals surface area contributed by atoms with Gasteiger partial charge in [0, 0.05) is 16.6 Å². The second-order valence-corrected chi connectivity index (χ2v) is 7.96.